The van der Waals surface area contributed by atoms with Crippen molar-refractivity contribution in [1.29, 1.82) is 0 Å². The van der Waals surface area contributed by atoms with Crippen molar-refractivity contribution < 1.29 is 0 Å². The molecule has 1 aromatic rings. The maximum atomic E-state index is 2.48. The number of benzene rings is 1. The van der Waals surface area contributed by atoms with Crippen molar-refractivity contribution in [3.8, 4) is 0 Å². The Morgan fingerprint density at radius 2 is 1.05 bits per heavy atom. The summed E-state index contributed by atoms with van der Waals surface area (Å²) >= 11 is 0. The molecule has 0 N–H and O–H groups in total. The fourth-order valence-electron chi connectivity index (χ4n) is 4.35. The minimum atomic E-state index is 0.763. The van der Waals surface area contributed by atoms with E-state index in [1.54, 1.807) is 16.7 Å². The molecule has 0 aliphatic heterocycles. The molecule has 0 saturated heterocycles. The maximum Gasteiger partial charge on any atom is -0.0128 e. The van der Waals surface area contributed by atoms with Crippen LogP contribution in [0, 0.1) is 52.4 Å². The molecule has 0 aromatic heterocycles. The van der Waals surface area contributed by atoms with E-state index >= 15 is 0 Å². The van der Waals surface area contributed by atoms with Gasteiger partial charge < -0.3 is 0 Å². The fourth-order valence-corrected chi connectivity index (χ4v) is 4.35. The van der Waals surface area contributed by atoms with Crippen LogP contribution in [-0.2, 0) is 0 Å². The highest BCUT2D eigenvalue weighted by Gasteiger charge is 2.34. The Hall–Kier alpha value is -0.780. The van der Waals surface area contributed by atoms with E-state index in [9.17, 15) is 0 Å². The van der Waals surface area contributed by atoms with Crippen LogP contribution in [-0.4, -0.2) is 0 Å². The quantitative estimate of drug-likeness (QED) is 0.587. The summed E-state index contributed by atoms with van der Waals surface area (Å²) in [5.41, 5.74) is 9.32. The third kappa shape index (κ3) is 2.32. The Kier molecular flexibility index (Phi) is 4.33. The van der Waals surface area contributed by atoms with Gasteiger partial charge in [0.25, 0.3) is 0 Å². The first kappa shape index (κ1) is 15.6. The first-order valence-corrected chi connectivity index (χ1v) is 8.34. The second-order valence-corrected chi connectivity index (χ2v) is 7.42. The molecule has 0 bridgehead atoms. The smallest absolute Gasteiger partial charge is 0.0128 e. The summed E-state index contributed by atoms with van der Waals surface area (Å²) in [6.07, 6.45) is 2.76. The van der Waals surface area contributed by atoms with E-state index in [-0.39, 0.29) is 0 Å². The van der Waals surface area contributed by atoms with Crippen LogP contribution < -0.4 is 0 Å². The van der Waals surface area contributed by atoms with Crippen molar-refractivity contribution in [2.45, 2.75) is 74.1 Å². The summed E-state index contributed by atoms with van der Waals surface area (Å²) in [6, 6.07) is 0. The Morgan fingerprint density at radius 1 is 0.600 bits per heavy atom. The predicted octanol–water partition coefficient (Wildman–Crippen LogP) is 6.01. The molecule has 0 nitrogen and oxygen atoms in total. The average Bonchev–Trinajstić information content (AvgIpc) is 2.43. The molecule has 0 heteroatoms. The topological polar surface area (TPSA) is 0 Å². The zero-order chi connectivity index (χ0) is 15.2. The van der Waals surface area contributed by atoms with Crippen LogP contribution in [0.2, 0.25) is 0 Å². The average molecular weight is 272 g/mol. The lowest BCUT2D eigenvalue weighted by molar-refractivity contribution is 0.168. The molecule has 112 valence electrons. The zero-order valence-electron chi connectivity index (χ0n) is 14.7. The summed E-state index contributed by atoms with van der Waals surface area (Å²) in [6.45, 7) is 19.0. The van der Waals surface area contributed by atoms with Gasteiger partial charge in [-0.15, -0.1) is 0 Å². The molecule has 0 spiro atoms. The van der Waals surface area contributed by atoms with Crippen LogP contribution in [0.25, 0.3) is 0 Å². The van der Waals surface area contributed by atoms with Gasteiger partial charge in [-0.05, 0) is 105 Å². The molecular formula is C20H32. The second kappa shape index (κ2) is 5.54. The summed E-state index contributed by atoms with van der Waals surface area (Å²) in [4.78, 5) is 0. The number of rotatable bonds is 1. The van der Waals surface area contributed by atoms with Crippen LogP contribution in [0.5, 0.6) is 0 Å². The van der Waals surface area contributed by atoms with E-state index in [0.717, 1.165) is 23.7 Å². The highest BCUT2D eigenvalue weighted by molar-refractivity contribution is 5.51. The van der Waals surface area contributed by atoms with Gasteiger partial charge in [-0.2, -0.15) is 0 Å². The first-order valence-electron chi connectivity index (χ1n) is 8.34. The van der Waals surface area contributed by atoms with Crippen molar-refractivity contribution in [3.05, 3.63) is 33.4 Å². The van der Waals surface area contributed by atoms with Gasteiger partial charge in [0, 0.05) is 0 Å². The van der Waals surface area contributed by atoms with E-state index in [4.69, 9.17) is 0 Å². The normalized spacial score (nSPS) is 30.6. The van der Waals surface area contributed by atoms with Crippen LogP contribution in [0.4, 0.5) is 0 Å². The van der Waals surface area contributed by atoms with Gasteiger partial charge in [0.05, 0.1) is 0 Å². The Labute approximate surface area is 126 Å². The van der Waals surface area contributed by atoms with Crippen molar-refractivity contribution >= 4 is 0 Å². The highest BCUT2D eigenvalue weighted by atomic mass is 14.4. The third-order valence-electron chi connectivity index (χ3n) is 6.72. The Morgan fingerprint density at radius 3 is 1.55 bits per heavy atom. The molecule has 0 amide bonds. The lowest BCUT2D eigenvalue weighted by Crippen LogP contribution is -2.29. The predicted molar refractivity (Wildman–Crippen MR) is 89.6 cm³/mol. The van der Waals surface area contributed by atoms with Crippen LogP contribution >= 0.6 is 0 Å². The Bertz CT molecular complexity index is 480. The molecule has 4 atom stereocenters. The van der Waals surface area contributed by atoms with Crippen molar-refractivity contribution in [1.82, 2.24) is 0 Å². The van der Waals surface area contributed by atoms with E-state index in [1.807, 2.05) is 0 Å². The SMILES string of the molecule is Cc1c(C)c(C)c(C2CCC(C)C(C)C2C)c(C)c1C. The molecule has 1 aromatic carbocycles. The molecule has 0 heterocycles. The molecule has 2 rings (SSSR count). The van der Waals surface area contributed by atoms with Gasteiger partial charge in [-0.1, -0.05) is 20.8 Å². The minimum Gasteiger partial charge on any atom is -0.0622 e. The lowest BCUT2D eigenvalue weighted by Gasteiger charge is -2.40. The Balaban J connectivity index is 2.53. The monoisotopic (exact) mass is 272 g/mol. The number of hydrogen-bond acceptors (Lipinski definition) is 0. The summed E-state index contributed by atoms with van der Waals surface area (Å²) in [5.74, 6) is 3.29. The van der Waals surface area contributed by atoms with Gasteiger partial charge in [0.1, 0.15) is 0 Å². The number of hydrogen-bond donors (Lipinski definition) is 0. The van der Waals surface area contributed by atoms with E-state index < -0.39 is 0 Å². The van der Waals surface area contributed by atoms with Crippen molar-refractivity contribution in [3.63, 3.8) is 0 Å². The largest absolute Gasteiger partial charge is 0.0622 e. The van der Waals surface area contributed by atoms with Gasteiger partial charge >= 0.3 is 0 Å². The van der Waals surface area contributed by atoms with Gasteiger partial charge in [0.2, 0.25) is 0 Å². The first-order chi connectivity index (χ1) is 9.27. The van der Waals surface area contributed by atoms with Crippen molar-refractivity contribution in [2.75, 3.05) is 0 Å². The van der Waals surface area contributed by atoms with Crippen LogP contribution in [0.3, 0.4) is 0 Å². The molecule has 20 heavy (non-hydrogen) atoms. The maximum absolute atomic E-state index is 2.48. The molecular weight excluding hydrogens is 240 g/mol. The summed E-state index contributed by atoms with van der Waals surface area (Å²) in [7, 11) is 0. The van der Waals surface area contributed by atoms with E-state index in [2.05, 4.69) is 55.4 Å². The van der Waals surface area contributed by atoms with Gasteiger partial charge in [-0.25, -0.2) is 0 Å². The van der Waals surface area contributed by atoms with E-state index in [0.29, 0.717) is 0 Å². The molecule has 1 aliphatic rings. The summed E-state index contributed by atoms with van der Waals surface area (Å²) < 4.78 is 0. The van der Waals surface area contributed by atoms with Crippen LogP contribution in [0.15, 0.2) is 0 Å². The molecule has 0 radical (unpaired) electrons. The molecule has 1 fully saturated rings. The fraction of sp³-hybridized carbons (Fsp3) is 0.700. The minimum absolute atomic E-state index is 0.763. The summed E-state index contributed by atoms with van der Waals surface area (Å²) in [5, 5.41) is 0. The van der Waals surface area contributed by atoms with Gasteiger partial charge in [-0.3, -0.25) is 0 Å². The zero-order valence-corrected chi connectivity index (χ0v) is 14.7. The highest BCUT2D eigenvalue weighted by Crippen LogP contribution is 2.46. The second-order valence-electron chi connectivity index (χ2n) is 7.42. The van der Waals surface area contributed by atoms with Crippen molar-refractivity contribution in [2.24, 2.45) is 17.8 Å². The third-order valence-corrected chi connectivity index (χ3v) is 6.72. The molecule has 4 unspecified atom stereocenters. The van der Waals surface area contributed by atoms with E-state index in [1.165, 1.54) is 29.5 Å². The van der Waals surface area contributed by atoms with Crippen LogP contribution in [0.1, 0.15) is 72.9 Å². The standard InChI is InChI=1S/C20H32/c1-11-9-10-19(16(6)12(11)2)20-17(7)14(4)13(3)15(5)18(20)8/h11-12,16,19H,9-10H2,1-8H3. The molecule has 1 saturated carbocycles. The molecule has 1 aliphatic carbocycles. The lowest BCUT2D eigenvalue weighted by atomic mass is 9.64. The van der Waals surface area contributed by atoms with Gasteiger partial charge in [0.15, 0.2) is 0 Å².